The zero-order valence-electron chi connectivity index (χ0n) is 7.66. The zero-order chi connectivity index (χ0) is 11.5. The molecule has 1 aromatic rings. The molecule has 0 radical (unpaired) electrons. The normalized spacial score (nSPS) is 13.3. The van der Waals surface area contributed by atoms with E-state index in [2.05, 4.69) is 11.3 Å². The highest BCUT2D eigenvalue weighted by Gasteiger charge is 2.30. The second-order valence-electron chi connectivity index (χ2n) is 2.80. The lowest BCUT2D eigenvalue weighted by molar-refractivity contribution is -0.274. The first-order valence-corrected chi connectivity index (χ1v) is 4.09. The summed E-state index contributed by atoms with van der Waals surface area (Å²) in [6.07, 6.45) is -4.30. The van der Waals surface area contributed by atoms with Crippen molar-refractivity contribution in [2.45, 2.75) is 12.5 Å². The molecule has 0 amide bonds. The van der Waals surface area contributed by atoms with Crippen molar-refractivity contribution in [3.05, 3.63) is 42.5 Å². The Morgan fingerprint density at radius 1 is 1.27 bits per heavy atom. The number of hydrogen-bond acceptors (Lipinski definition) is 2. The van der Waals surface area contributed by atoms with Crippen molar-refractivity contribution in [2.75, 3.05) is 0 Å². The number of ether oxygens (including phenoxy) is 1. The van der Waals surface area contributed by atoms with Gasteiger partial charge in [0.05, 0.1) is 6.10 Å². The number of alkyl halides is 3. The Bertz CT molecular complexity index is 330. The van der Waals surface area contributed by atoms with Crippen LogP contribution in [0, 0.1) is 0 Å². The Hall–Kier alpha value is -1.49. The van der Waals surface area contributed by atoms with E-state index in [0.29, 0.717) is 5.56 Å². The zero-order valence-corrected chi connectivity index (χ0v) is 7.66. The summed E-state index contributed by atoms with van der Waals surface area (Å²) in [5.41, 5.74) is 0.458. The SMILES string of the molecule is C=CC(O)c1ccc(OC(F)(F)F)cc1. The van der Waals surface area contributed by atoms with E-state index in [1.54, 1.807) is 0 Å². The molecule has 0 spiro atoms. The predicted molar refractivity (Wildman–Crippen MR) is 48.3 cm³/mol. The third kappa shape index (κ3) is 3.63. The molecule has 1 rings (SSSR count). The van der Waals surface area contributed by atoms with Crippen LogP contribution in [0.2, 0.25) is 0 Å². The van der Waals surface area contributed by atoms with Gasteiger partial charge in [0, 0.05) is 0 Å². The van der Waals surface area contributed by atoms with E-state index in [-0.39, 0.29) is 5.75 Å². The lowest BCUT2D eigenvalue weighted by Crippen LogP contribution is -2.17. The fourth-order valence-electron chi connectivity index (χ4n) is 1.00. The van der Waals surface area contributed by atoms with Crippen LogP contribution in [-0.2, 0) is 0 Å². The average molecular weight is 218 g/mol. The van der Waals surface area contributed by atoms with Gasteiger partial charge in [-0.25, -0.2) is 0 Å². The van der Waals surface area contributed by atoms with Crippen LogP contribution in [0.1, 0.15) is 11.7 Å². The van der Waals surface area contributed by atoms with Crippen LogP contribution in [0.3, 0.4) is 0 Å². The van der Waals surface area contributed by atoms with Gasteiger partial charge in [-0.2, -0.15) is 0 Å². The van der Waals surface area contributed by atoms with Crippen molar-refractivity contribution in [2.24, 2.45) is 0 Å². The molecule has 0 aromatic heterocycles. The predicted octanol–water partition coefficient (Wildman–Crippen LogP) is 2.80. The van der Waals surface area contributed by atoms with Crippen LogP contribution < -0.4 is 4.74 Å². The fourth-order valence-corrected chi connectivity index (χ4v) is 1.00. The van der Waals surface area contributed by atoms with Crippen LogP contribution in [0.15, 0.2) is 36.9 Å². The largest absolute Gasteiger partial charge is 0.573 e. The van der Waals surface area contributed by atoms with Crippen molar-refractivity contribution in [1.29, 1.82) is 0 Å². The molecular formula is C10H9F3O2. The summed E-state index contributed by atoms with van der Waals surface area (Å²) >= 11 is 0. The van der Waals surface area contributed by atoms with Crippen molar-refractivity contribution < 1.29 is 23.0 Å². The maximum Gasteiger partial charge on any atom is 0.573 e. The number of rotatable bonds is 3. The third-order valence-corrected chi connectivity index (χ3v) is 1.68. The molecule has 1 N–H and O–H groups in total. The highest BCUT2D eigenvalue weighted by Crippen LogP contribution is 2.24. The molecule has 82 valence electrons. The Morgan fingerprint density at radius 2 is 1.80 bits per heavy atom. The van der Waals surface area contributed by atoms with E-state index < -0.39 is 12.5 Å². The Labute approximate surface area is 84.6 Å². The van der Waals surface area contributed by atoms with E-state index >= 15 is 0 Å². The fraction of sp³-hybridized carbons (Fsp3) is 0.200. The summed E-state index contributed by atoms with van der Waals surface area (Å²) in [4.78, 5) is 0. The highest BCUT2D eigenvalue weighted by atomic mass is 19.4. The van der Waals surface area contributed by atoms with Gasteiger partial charge in [-0.1, -0.05) is 18.2 Å². The number of aliphatic hydroxyl groups is 1. The molecule has 5 heteroatoms. The van der Waals surface area contributed by atoms with E-state index in [1.165, 1.54) is 18.2 Å². The van der Waals surface area contributed by atoms with Crippen LogP contribution in [0.4, 0.5) is 13.2 Å². The quantitative estimate of drug-likeness (QED) is 0.790. The molecule has 0 aliphatic rings. The second-order valence-corrected chi connectivity index (χ2v) is 2.80. The van der Waals surface area contributed by atoms with E-state index in [9.17, 15) is 18.3 Å². The van der Waals surface area contributed by atoms with Gasteiger partial charge in [0.1, 0.15) is 5.75 Å². The maximum absolute atomic E-state index is 11.8. The topological polar surface area (TPSA) is 29.5 Å². The molecule has 0 aliphatic heterocycles. The summed E-state index contributed by atoms with van der Waals surface area (Å²) in [5, 5.41) is 9.27. The molecule has 0 heterocycles. The van der Waals surface area contributed by atoms with Gasteiger partial charge in [-0.15, -0.1) is 19.8 Å². The molecule has 2 nitrogen and oxygen atoms in total. The Morgan fingerprint density at radius 3 is 2.20 bits per heavy atom. The first-order chi connectivity index (χ1) is 6.92. The second kappa shape index (κ2) is 4.35. The first kappa shape index (κ1) is 11.6. The molecule has 0 fully saturated rings. The summed E-state index contributed by atoms with van der Waals surface area (Å²) in [5.74, 6) is -0.317. The first-order valence-electron chi connectivity index (χ1n) is 4.09. The minimum Gasteiger partial charge on any atom is -0.406 e. The molecular weight excluding hydrogens is 209 g/mol. The van der Waals surface area contributed by atoms with E-state index in [1.807, 2.05) is 0 Å². The molecule has 0 bridgehead atoms. The van der Waals surface area contributed by atoms with Crippen molar-refractivity contribution in [3.8, 4) is 5.75 Å². The third-order valence-electron chi connectivity index (χ3n) is 1.68. The summed E-state index contributed by atoms with van der Waals surface area (Å²) in [7, 11) is 0. The van der Waals surface area contributed by atoms with Crippen molar-refractivity contribution in [1.82, 2.24) is 0 Å². The molecule has 0 saturated heterocycles. The van der Waals surface area contributed by atoms with Gasteiger partial charge in [0.25, 0.3) is 0 Å². The standard InChI is InChI=1S/C10H9F3O2/c1-2-9(14)7-3-5-8(6-4-7)15-10(11,12)13/h2-6,9,14H,1H2. The number of benzene rings is 1. The average Bonchev–Trinajstić information content (AvgIpc) is 2.15. The molecule has 15 heavy (non-hydrogen) atoms. The van der Waals surface area contributed by atoms with Crippen LogP contribution in [-0.4, -0.2) is 11.5 Å². The van der Waals surface area contributed by atoms with Gasteiger partial charge in [0.2, 0.25) is 0 Å². The lowest BCUT2D eigenvalue weighted by atomic mass is 10.1. The number of hydrogen-bond donors (Lipinski definition) is 1. The molecule has 0 saturated carbocycles. The molecule has 1 atom stereocenters. The van der Waals surface area contributed by atoms with Gasteiger partial charge < -0.3 is 9.84 Å². The van der Waals surface area contributed by atoms with Crippen molar-refractivity contribution in [3.63, 3.8) is 0 Å². The van der Waals surface area contributed by atoms with Gasteiger partial charge >= 0.3 is 6.36 Å². The summed E-state index contributed by atoms with van der Waals surface area (Å²) in [6, 6.07) is 4.95. The number of aliphatic hydroxyl groups excluding tert-OH is 1. The maximum atomic E-state index is 11.8. The Kier molecular flexibility index (Phi) is 3.36. The van der Waals surface area contributed by atoms with Gasteiger partial charge in [0.15, 0.2) is 0 Å². The minimum absolute atomic E-state index is 0.317. The van der Waals surface area contributed by atoms with Gasteiger partial charge in [-0.3, -0.25) is 0 Å². The van der Waals surface area contributed by atoms with Crippen LogP contribution in [0.25, 0.3) is 0 Å². The van der Waals surface area contributed by atoms with Gasteiger partial charge in [-0.05, 0) is 17.7 Å². The van der Waals surface area contributed by atoms with E-state index in [0.717, 1.165) is 12.1 Å². The summed E-state index contributed by atoms with van der Waals surface area (Å²) < 4.78 is 39.0. The van der Waals surface area contributed by atoms with Crippen LogP contribution >= 0.6 is 0 Å². The van der Waals surface area contributed by atoms with E-state index in [4.69, 9.17) is 0 Å². The molecule has 1 unspecified atom stereocenters. The van der Waals surface area contributed by atoms with Crippen molar-refractivity contribution >= 4 is 0 Å². The smallest absolute Gasteiger partial charge is 0.406 e. The Balaban J connectivity index is 2.77. The van der Waals surface area contributed by atoms with Crippen LogP contribution in [0.5, 0.6) is 5.75 Å². The number of halogens is 3. The monoisotopic (exact) mass is 218 g/mol. The molecule has 0 aliphatic carbocycles. The minimum atomic E-state index is -4.70. The summed E-state index contributed by atoms with van der Waals surface area (Å²) in [6.45, 7) is 3.36. The lowest BCUT2D eigenvalue weighted by Gasteiger charge is -2.10. The highest BCUT2D eigenvalue weighted by molar-refractivity contribution is 5.29. The molecule has 1 aromatic carbocycles.